The lowest BCUT2D eigenvalue weighted by atomic mass is 9.91. The van der Waals surface area contributed by atoms with E-state index in [1.807, 2.05) is 0 Å². The van der Waals surface area contributed by atoms with Gasteiger partial charge in [0.15, 0.2) is 0 Å². The van der Waals surface area contributed by atoms with Gasteiger partial charge in [-0.2, -0.15) is 0 Å². The molecule has 0 spiro atoms. The minimum atomic E-state index is 0.0521. The van der Waals surface area contributed by atoms with Gasteiger partial charge >= 0.3 is 0 Å². The first-order valence-electron chi connectivity index (χ1n) is 6.27. The first kappa shape index (κ1) is 10.2. The van der Waals surface area contributed by atoms with Crippen molar-refractivity contribution in [3.63, 3.8) is 0 Å². The molecule has 0 aromatic heterocycles. The minimum Gasteiger partial charge on any atom is -0.303 e. The van der Waals surface area contributed by atoms with Crippen molar-refractivity contribution in [1.29, 1.82) is 0 Å². The van der Waals surface area contributed by atoms with Crippen LogP contribution in [0.1, 0.15) is 38.5 Å². The zero-order valence-electron chi connectivity index (χ0n) is 9.54. The normalized spacial score (nSPS) is 39.6. The van der Waals surface area contributed by atoms with E-state index in [4.69, 9.17) is 4.99 Å². The summed E-state index contributed by atoms with van der Waals surface area (Å²) in [5, 5.41) is 3.57. The smallest absolute Gasteiger partial charge is 0.121 e. The van der Waals surface area contributed by atoms with Crippen molar-refractivity contribution in [2.75, 3.05) is 6.54 Å². The molecule has 0 amide bonds. The van der Waals surface area contributed by atoms with Gasteiger partial charge in [-0.05, 0) is 44.7 Å². The Hall–Kier alpha value is -0.960. The number of piperidine rings is 1. The minimum absolute atomic E-state index is 0.0521. The summed E-state index contributed by atoms with van der Waals surface area (Å²) in [5.74, 6) is 0. The fourth-order valence-corrected chi connectivity index (χ4v) is 3.16. The number of aldehydes is 1. The van der Waals surface area contributed by atoms with Gasteiger partial charge in [-0.15, -0.1) is 0 Å². The summed E-state index contributed by atoms with van der Waals surface area (Å²) in [5.41, 5.74) is 1.57. The molecule has 1 saturated heterocycles. The third-order valence-corrected chi connectivity index (χ3v) is 4.17. The maximum Gasteiger partial charge on any atom is 0.121 e. The molecule has 1 saturated carbocycles. The third-order valence-electron chi connectivity index (χ3n) is 4.17. The molecule has 3 heteroatoms. The number of dihydropyridines is 1. The van der Waals surface area contributed by atoms with Gasteiger partial charge in [-0.25, -0.2) is 0 Å². The van der Waals surface area contributed by atoms with Crippen LogP contribution in [0.3, 0.4) is 0 Å². The number of nitrogens with one attached hydrogen (secondary N) is 1. The average molecular weight is 218 g/mol. The van der Waals surface area contributed by atoms with Crippen LogP contribution in [0.25, 0.3) is 0 Å². The van der Waals surface area contributed by atoms with Crippen molar-refractivity contribution < 1.29 is 4.79 Å². The van der Waals surface area contributed by atoms with Crippen molar-refractivity contribution in [2.45, 2.75) is 44.2 Å². The number of allylic oxidation sites excluding steroid dienone is 1. The van der Waals surface area contributed by atoms with E-state index in [0.717, 1.165) is 25.7 Å². The predicted molar refractivity (Wildman–Crippen MR) is 63.5 cm³/mol. The molecule has 2 aliphatic heterocycles. The topological polar surface area (TPSA) is 41.5 Å². The van der Waals surface area contributed by atoms with Gasteiger partial charge in [0.2, 0.25) is 0 Å². The molecule has 2 fully saturated rings. The second kappa shape index (κ2) is 3.52. The highest BCUT2D eigenvalue weighted by Crippen LogP contribution is 2.64. The number of nitrogens with zero attached hydrogens (tertiary/aromatic N) is 1. The maximum atomic E-state index is 10.3. The predicted octanol–water partition coefficient (Wildman–Crippen LogP) is 1.84. The van der Waals surface area contributed by atoms with Crippen LogP contribution < -0.4 is 5.32 Å². The Labute approximate surface area is 96.0 Å². The molecule has 3 aliphatic rings. The van der Waals surface area contributed by atoms with E-state index in [9.17, 15) is 4.79 Å². The summed E-state index contributed by atoms with van der Waals surface area (Å²) in [6.07, 6.45) is 11.8. The van der Waals surface area contributed by atoms with Crippen molar-refractivity contribution in [2.24, 2.45) is 10.4 Å². The number of rotatable bonds is 4. The van der Waals surface area contributed by atoms with Crippen LogP contribution in [0.2, 0.25) is 0 Å². The molecule has 0 aromatic rings. The van der Waals surface area contributed by atoms with E-state index < -0.39 is 0 Å². The first-order valence-corrected chi connectivity index (χ1v) is 6.27. The number of hydrogen-bond acceptors (Lipinski definition) is 3. The molecule has 0 radical (unpaired) electrons. The Morgan fingerprint density at radius 1 is 1.56 bits per heavy atom. The van der Waals surface area contributed by atoms with Gasteiger partial charge in [0.25, 0.3) is 0 Å². The Balaban J connectivity index is 1.70. The second-order valence-electron chi connectivity index (χ2n) is 5.22. The highest BCUT2D eigenvalue weighted by molar-refractivity contribution is 5.97. The van der Waals surface area contributed by atoms with Gasteiger partial charge < -0.3 is 4.79 Å². The molecule has 1 aliphatic carbocycles. The van der Waals surface area contributed by atoms with Gasteiger partial charge in [0.05, 0.1) is 0 Å². The Morgan fingerprint density at radius 3 is 3.38 bits per heavy atom. The zero-order valence-corrected chi connectivity index (χ0v) is 9.54. The van der Waals surface area contributed by atoms with Crippen molar-refractivity contribution in [3.8, 4) is 0 Å². The summed E-state index contributed by atoms with van der Waals surface area (Å²) in [6.45, 7) is 1.10. The van der Waals surface area contributed by atoms with E-state index in [2.05, 4.69) is 17.5 Å². The number of carbonyl (C=O) groups is 1. The Kier molecular flexibility index (Phi) is 2.25. The highest BCUT2D eigenvalue weighted by atomic mass is 16.1. The summed E-state index contributed by atoms with van der Waals surface area (Å²) < 4.78 is 0. The number of carbonyl (C=O) groups excluding carboxylic acids is 1. The average Bonchev–Trinajstić information content (AvgIpc) is 2.98. The first-order chi connectivity index (χ1) is 7.80. The number of aliphatic imine (C=N–C) groups is 1. The molecule has 2 unspecified atom stereocenters. The Morgan fingerprint density at radius 2 is 2.50 bits per heavy atom. The molecule has 0 aromatic carbocycles. The molecule has 3 rings (SSSR count). The lowest BCUT2D eigenvalue weighted by molar-refractivity contribution is -0.107. The summed E-state index contributed by atoms with van der Waals surface area (Å²) in [7, 11) is 0. The molecular weight excluding hydrogens is 200 g/mol. The molecule has 16 heavy (non-hydrogen) atoms. The van der Waals surface area contributed by atoms with Crippen molar-refractivity contribution in [1.82, 2.24) is 5.32 Å². The van der Waals surface area contributed by atoms with Crippen LogP contribution in [-0.2, 0) is 4.79 Å². The summed E-state index contributed by atoms with van der Waals surface area (Å²) in [6, 6.07) is 0. The summed E-state index contributed by atoms with van der Waals surface area (Å²) in [4.78, 5) is 15.1. The van der Waals surface area contributed by atoms with Crippen LogP contribution in [0, 0.1) is 5.41 Å². The molecule has 0 bridgehead atoms. The summed E-state index contributed by atoms with van der Waals surface area (Å²) >= 11 is 0. The van der Waals surface area contributed by atoms with E-state index >= 15 is 0 Å². The fourth-order valence-electron chi connectivity index (χ4n) is 3.16. The maximum absolute atomic E-state index is 10.3. The van der Waals surface area contributed by atoms with Gasteiger partial charge in [0, 0.05) is 17.5 Å². The number of hydrogen-bond donors (Lipinski definition) is 1. The number of unbranched alkanes of at least 4 members (excludes halogenated alkanes) is 1. The Bertz CT molecular complexity index is 374. The molecular formula is C13H18N2O. The van der Waals surface area contributed by atoms with E-state index in [0.29, 0.717) is 11.8 Å². The fraction of sp³-hybridized carbons (Fsp3) is 0.692. The van der Waals surface area contributed by atoms with Crippen molar-refractivity contribution in [3.05, 3.63) is 12.2 Å². The lowest BCUT2D eigenvalue weighted by Gasteiger charge is -2.29. The monoisotopic (exact) mass is 218 g/mol. The van der Waals surface area contributed by atoms with Crippen LogP contribution in [-0.4, -0.2) is 24.2 Å². The SMILES string of the molecule is O=CCCCC1=NC23CC2(C=C1)CCCN3. The van der Waals surface area contributed by atoms with E-state index in [1.165, 1.54) is 25.0 Å². The largest absolute Gasteiger partial charge is 0.303 e. The van der Waals surface area contributed by atoms with Crippen LogP contribution in [0.4, 0.5) is 0 Å². The zero-order chi connectivity index (χ0) is 11.1. The highest BCUT2D eigenvalue weighted by Gasteiger charge is 2.68. The molecule has 86 valence electrons. The van der Waals surface area contributed by atoms with Gasteiger partial charge in [0.1, 0.15) is 11.9 Å². The van der Waals surface area contributed by atoms with E-state index in [1.54, 1.807) is 0 Å². The lowest BCUT2D eigenvalue weighted by Crippen LogP contribution is -2.41. The molecule has 2 atom stereocenters. The molecule has 1 N–H and O–H groups in total. The molecule has 3 nitrogen and oxygen atoms in total. The molecule has 2 heterocycles. The van der Waals surface area contributed by atoms with Crippen LogP contribution in [0.15, 0.2) is 17.1 Å². The van der Waals surface area contributed by atoms with E-state index in [-0.39, 0.29) is 5.66 Å². The van der Waals surface area contributed by atoms with Crippen LogP contribution >= 0.6 is 0 Å². The third kappa shape index (κ3) is 1.38. The standard InChI is InChI=1S/C13H18N2O/c16-9-2-1-4-11-5-7-12-6-3-8-14-13(12,10-12)15-11/h5,7,9,14H,1-4,6,8,10H2. The van der Waals surface area contributed by atoms with Crippen molar-refractivity contribution >= 4 is 12.0 Å². The quantitative estimate of drug-likeness (QED) is 0.578. The van der Waals surface area contributed by atoms with Gasteiger partial charge in [-0.3, -0.25) is 10.3 Å². The van der Waals surface area contributed by atoms with Crippen LogP contribution in [0.5, 0.6) is 0 Å². The second-order valence-corrected chi connectivity index (χ2v) is 5.22. The van der Waals surface area contributed by atoms with Gasteiger partial charge in [-0.1, -0.05) is 6.08 Å².